The van der Waals surface area contributed by atoms with Gasteiger partial charge in [-0.2, -0.15) is 0 Å². The van der Waals surface area contributed by atoms with Crippen LogP contribution in [0.3, 0.4) is 0 Å². The van der Waals surface area contributed by atoms with Gasteiger partial charge in [0.25, 0.3) is 0 Å². The number of aromatic nitrogens is 1. The summed E-state index contributed by atoms with van der Waals surface area (Å²) in [6.45, 7) is 4.07. The fourth-order valence-corrected chi connectivity index (χ4v) is 3.10. The van der Waals surface area contributed by atoms with E-state index >= 15 is 0 Å². The molecule has 0 radical (unpaired) electrons. The van der Waals surface area contributed by atoms with Gasteiger partial charge < -0.3 is 11.1 Å². The van der Waals surface area contributed by atoms with Crippen LogP contribution in [0, 0.1) is 12.8 Å². The van der Waals surface area contributed by atoms with Crippen molar-refractivity contribution in [2.75, 3.05) is 6.54 Å². The Hall–Kier alpha value is -0.450. The van der Waals surface area contributed by atoms with Crippen LogP contribution in [0.1, 0.15) is 36.3 Å². The fraction of sp³-hybridized carbons (Fsp3) is 0.750. The molecule has 1 aromatic rings. The molecule has 0 spiro atoms. The molecule has 2 unspecified atom stereocenters. The second-order valence-corrected chi connectivity index (χ2v) is 5.64. The standard InChI is InChI=1S/C12H21N3S/c1-9-12(16-8-15-9)7-14-6-10-4-2-3-5-11(10)13/h8,10-11,14H,2-7,13H2,1H3. The highest BCUT2D eigenvalue weighted by Gasteiger charge is 2.21. The smallest absolute Gasteiger partial charge is 0.0798 e. The maximum absolute atomic E-state index is 6.12. The minimum atomic E-state index is 0.406. The zero-order valence-electron chi connectivity index (χ0n) is 9.91. The van der Waals surface area contributed by atoms with Crippen LogP contribution >= 0.6 is 11.3 Å². The van der Waals surface area contributed by atoms with Gasteiger partial charge in [-0.1, -0.05) is 12.8 Å². The van der Waals surface area contributed by atoms with E-state index in [1.165, 1.54) is 30.6 Å². The zero-order chi connectivity index (χ0) is 11.4. The van der Waals surface area contributed by atoms with Crippen molar-refractivity contribution in [3.05, 3.63) is 16.1 Å². The number of nitrogens with two attached hydrogens (primary N) is 1. The van der Waals surface area contributed by atoms with Crippen molar-refractivity contribution in [2.45, 2.75) is 45.2 Å². The lowest BCUT2D eigenvalue weighted by Gasteiger charge is -2.28. The van der Waals surface area contributed by atoms with Crippen LogP contribution in [-0.4, -0.2) is 17.6 Å². The van der Waals surface area contributed by atoms with E-state index in [0.29, 0.717) is 12.0 Å². The Balaban J connectivity index is 1.73. The molecule has 0 saturated heterocycles. The summed E-state index contributed by atoms with van der Waals surface area (Å²) in [5.41, 5.74) is 9.19. The third-order valence-corrected chi connectivity index (χ3v) is 4.44. The van der Waals surface area contributed by atoms with Gasteiger partial charge in [-0.05, 0) is 32.2 Å². The molecule has 1 aliphatic rings. The molecule has 0 aliphatic heterocycles. The third kappa shape index (κ3) is 3.03. The minimum Gasteiger partial charge on any atom is -0.327 e. The van der Waals surface area contributed by atoms with Gasteiger partial charge in [0.05, 0.1) is 11.2 Å². The van der Waals surface area contributed by atoms with Crippen LogP contribution in [0.5, 0.6) is 0 Å². The molecule has 1 fully saturated rings. The first-order valence-electron chi connectivity index (χ1n) is 6.12. The Morgan fingerprint density at radius 3 is 3.00 bits per heavy atom. The van der Waals surface area contributed by atoms with Crippen LogP contribution in [-0.2, 0) is 6.54 Å². The maximum atomic E-state index is 6.12. The van der Waals surface area contributed by atoms with Gasteiger partial charge in [0.15, 0.2) is 0 Å². The Bertz CT molecular complexity index is 324. The molecule has 3 nitrogen and oxygen atoms in total. The summed E-state index contributed by atoms with van der Waals surface area (Å²) in [5, 5.41) is 3.52. The average Bonchev–Trinajstić information content (AvgIpc) is 2.67. The number of thiazole rings is 1. The minimum absolute atomic E-state index is 0.406. The summed E-state index contributed by atoms with van der Waals surface area (Å²) in [6, 6.07) is 0.406. The van der Waals surface area contributed by atoms with Gasteiger partial charge in [-0.15, -0.1) is 11.3 Å². The first-order chi connectivity index (χ1) is 7.77. The summed E-state index contributed by atoms with van der Waals surface area (Å²) < 4.78 is 0. The van der Waals surface area contributed by atoms with Gasteiger partial charge in [-0.3, -0.25) is 0 Å². The molecule has 16 heavy (non-hydrogen) atoms. The number of nitrogens with zero attached hydrogens (tertiary/aromatic N) is 1. The number of hydrogen-bond donors (Lipinski definition) is 2. The van der Waals surface area contributed by atoms with Crippen LogP contribution in [0.15, 0.2) is 5.51 Å². The van der Waals surface area contributed by atoms with Crippen LogP contribution in [0.25, 0.3) is 0 Å². The normalized spacial score (nSPS) is 25.9. The van der Waals surface area contributed by atoms with E-state index in [9.17, 15) is 0 Å². The highest BCUT2D eigenvalue weighted by Crippen LogP contribution is 2.22. The van der Waals surface area contributed by atoms with Crippen molar-refractivity contribution in [2.24, 2.45) is 11.7 Å². The van der Waals surface area contributed by atoms with Crippen LogP contribution in [0.4, 0.5) is 0 Å². The quantitative estimate of drug-likeness (QED) is 0.845. The first-order valence-corrected chi connectivity index (χ1v) is 7.00. The highest BCUT2D eigenvalue weighted by atomic mass is 32.1. The molecule has 3 N–H and O–H groups in total. The number of aryl methyl sites for hydroxylation is 1. The van der Waals surface area contributed by atoms with Crippen LogP contribution in [0.2, 0.25) is 0 Å². The zero-order valence-corrected chi connectivity index (χ0v) is 10.7. The van der Waals surface area contributed by atoms with E-state index in [1.54, 1.807) is 11.3 Å². The number of nitrogens with one attached hydrogen (secondary N) is 1. The SMILES string of the molecule is Cc1ncsc1CNCC1CCCCC1N. The molecule has 0 amide bonds. The van der Waals surface area contributed by atoms with Crippen molar-refractivity contribution in [1.82, 2.24) is 10.3 Å². The molecule has 4 heteroatoms. The molecule has 0 aromatic carbocycles. The van der Waals surface area contributed by atoms with Crippen molar-refractivity contribution < 1.29 is 0 Å². The Labute approximate surface area is 101 Å². The highest BCUT2D eigenvalue weighted by molar-refractivity contribution is 7.09. The molecule has 1 aromatic heterocycles. The molecule has 0 bridgehead atoms. The lowest BCUT2D eigenvalue weighted by molar-refractivity contribution is 0.296. The summed E-state index contributed by atoms with van der Waals surface area (Å²) in [6.07, 6.45) is 5.15. The predicted molar refractivity (Wildman–Crippen MR) is 68.5 cm³/mol. The van der Waals surface area contributed by atoms with Gasteiger partial charge in [-0.25, -0.2) is 4.98 Å². The van der Waals surface area contributed by atoms with Crippen molar-refractivity contribution in [3.63, 3.8) is 0 Å². The second kappa shape index (κ2) is 5.75. The van der Waals surface area contributed by atoms with Crippen molar-refractivity contribution >= 4 is 11.3 Å². The molecule has 1 saturated carbocycles. The predicted octanol–water partition coefficient (Wildman–Crippen LogP) is 2.06. The molecule has 90 valence electrons. The lowest BCUT2D eigenvalue weighted by atomic mass is 9.85. The monoisotopic (exact) mass is 239 g/mol. The van der Waals surface area contributed by atoms with E-state index < -0.39 is 0 Å². The maximum Gasteiger partial charge on any atom is 0.0798 e. The second-order valence-electron chi connectivity index (χ2n) is 4.70. The molecule has 2 rings (SSSR count). The number of hydrogen-bond acceptors (Lipinski definition) is 4. The van der Waals surface area contributed by atoms with E-state index in [2.05, 4.69) is 17.2 Å². The average molecular weight is 239 g/mol. The Morgan fingerprint density at radius 1 is 1.50 bits per heavy atom. The fourth-order valence-electron chi connectivity index (χ4n) is 2.36. The first kappa shape index (κ1) is 12.0. The van der Waals surface area contributed by atoms with E-state index in [4.69, 9.17) is 5.73 Å². The van der Waals surface area contributed by atoms with E-state index in [-0.39, 0.29) is 0 Å². The van der Waals surface area contributed by atoms with Crippen molar-refractivity contribution in [3.8, 4) is 0 Å². The van der Waals surface area contributed by atoms with E-state index in [0.717, 1.165) is 18.8 Å². The summed E-state index contributed by atoms with van der Waals surface area (Å²) in [5.74, 6) is 0.668. The van der Waals surface area contributed by atoms with Gasteiger partial charge in [0.1, 0.15) is 0 Å². The lowest BCUT2D eigenvalue weighted by Crippen LogP contribution is -2.39. The molecule has 2 atom stereocenters. The van der Waals surface area contributed by atoms with Gasteiger partial charge in [0, 0.05) is 17.5 Å². The third-order valence-electron chi connectivity index (χ3n) is 3.50. The molecular weight excluding hydrogens is 218 g/mol. The van der Waals surface area contributed by atoms with Crippen LogP contribution < -0.4 is 11.1 Å². The molecular formula is C12H21N3S. The van der Waals surface area contributed by atoms with Gasteiger partial charge in [0.2, 0.25) is 0 Å². The summed E-state index contributed by atoms with van der Waals surface area (Å²) >= 11 is 1.73. The summed E-state index contributed by atoms with van der Waals surface area (Å²) in [4.78, 5) is 5.60. The van der Waals surface area contributed by atoms with Crippen molar-refractivity contribution in [1.29, 1.82) is 0 Å². The molecule has 1 heterocycles. The van der Waals surface area contributed by atoms with Gasteiger partial charge >= 0.3 is 0 Å². The Morgan fingerprint density at radius 2 is 2.31 bits per heavy atom. The van der Waals surface area contributed by atoms with E-state index in [1.807, 2.05) is 5.51 Å². The largest absolute Gasteiger partial charge is 0.327 e. The Kier molecular flexibility index (Phi) is 4.32. The topological polar surface area (TPSA) is 50.9 Å². The molecule has 1 aliphatic carbocycles. The number of rotatable bonds is 4. The summed E-state index contributed by atoms with van der Waals surface area (Å²) in [7, 11) is 0.